The number of H-pyrrole nitrogens is 1. The van der Waals surface area contributed by atoms with Crippen molar-refractivity contribution in [2.75, 3.05) is 13.1 Å². The highest BCUT2D eigenvalue weighted by Crippen LogP contribution is 2.25. The second kappa shape index (κ2) is 7.39. The van der Waals surface area contributed by atoms with Crippen LogP contribution in [0.25, 0.3) is 10.9 Å². The van der Waals surface area contributed by atoms with E-state index in [0.29, 0.717) is 24.5 Å². The number of carbonyl (C=O) groups is 2. The highest BCUT2D eigenvalue weighted by Gasteiger charge is 2.16. The third-order valence-electron chi connectivity index (χ3n) is 4.33. The number of benzene rings is 1. The molecule has 0 radical (unpaired) electrons. The second-order valence-electron chi connectivity index (χ2n) is 6.36. The number of rotatable bonds is 5. The molecule has 0 unspecified atom stereocenters. The molecule has 2 amide bonds. The van der Waals surface area contributed by atoms with Crippen molar-refractivity contribution in [3.63, 3.8) is 0 Å². The molecule has 3 N–H and O–H groups in total. The number of aryl methyl sites for hydroxylation is 3. The fourth-order valence-corrected chi connectivity index (χ4v) is 3.04. The molecule has 0 aliphatic rings. The number of hydrogen-bond donors (Lipinski definition) is 3. The smallest absolute Gasteiger partial charge is 0.269 e. The molecule has 3 aromatic rings. The van der Waals surface area contributed by atoms with E-state index in [2.05, 4.69) is 32.7 Å². The summed E-state index contributed by atoms with van der Waals surface area (Å²) in [5.74, 6) is -0.435. The van der Waals surface area contributed by atoms with Gasteiger partial charge < -0.3 is 15.6 Å². The molecule has 0 saturated heterocycles. The van der Waals surface area contributed by atoms with Crippen molar-refractivity contribution in [2.24, 2.45) is 0 Å². The lowest BCUT2D eigenvalue weighted by atomic mass is 10.1. The van der Waals surface area contributed by atoms with Crippen LogP contribution in [0.2, 0.25) is 0 Å². The van der Waals surface area contributed by atoms with E-state index in [1.165, 1.54) is 5.56 Å². The third kappa shape index (κ3) is 3.59. The Hall–Kier alpha value is -3.15. The number of fused-ring (bicyclic) bond motifs is 1. The molecule has 134 valence electrons. The minimum Gasteiger partial charge on any atom is -0.350 e. The molecular weight excluding hydrogens is 328 g/mol. The Kier molecular flexibility index (Phi) is 5.02. The Morgan fingerprint density at radius 2 is 1.77 bits per heavy atom. The highest BCUT2D eigenvalue weighted by atomic mass is 16.2. The van der Waals surface area contributed by atoms with Gasteiger partial charge in [0.2, 0.25) is 0 Å². The van der Waals surface area contributed by atoms with E-state index in [9.17, 15) is 9.59 Å². The van der Waals surface area contributed by atoms with Crippen molar-refractivity contribution in [2.45, 2.75) is 20.8 Å². The van der Waals surface area contributed by atoms with E-state index in [1.54, 1.807) is 24.4 Å². The lowest BCUT2D eigenvalue weighted by Crippen LogP contribution is -2.35. The van der Waals surface area contributed by atoms with E-state index in [-0.39, 0.29) is 11.8 Å². The number of pyridine rings is 1. The summed E-state index contributed by atoms with van der Waals surface area (Å²) >= 11 is 0. The lowest BCUT2D eigenvalue weighted by molar-refractivity contribution is 0.0923. The van der Waals surface area contributed by atoms with Crippen molar-refractivity contribution in [3.05, 3.63) is 64.6 Å². The molecule has 0 fully saturated rings. The van der Waals surface area contributed by atoms with Gasteiger partial charge >= 0.3 is 0 Å². The maximum Gasteiger partial charge on any atom is 0.269 e. The molecule has 2 aromatic heterocycles. The maximum atomic E-state index is 12.5. The Labute approximate surface area is 152 Å². The van der Waals surface area contributed by atoms with Crippen molar-refractivity contribution in [3.8, 4) is 0 Å². The van der Waals surface area contributed by atoms with Crippen LogP contribution in [0, 0.1) is 20.8 Å². The number of aromatic amines is 1. The van der Waals surface area contributed by atoms with Gasteiger partial charge in [-0.1, -0.05) is 17.7 Å². The first kappa shape index (κ1) is 17.7. The quantitative estimate of drug-likeness (QED) is 0.618. The SMILES string of the molecule is Cc1cc(C)c2[nH]c(C(=O)NCCNC(=O)c3ccccn3)c(C)c2c1. The van der Waals surface area contributed by atoms with Gasteiger partial charge in [-0.2, -0.15) is 0 Å². The van der Waals surface area contributed by atoms with Gasteiger partial charge in [0.05, 0.1) is 0 Å². The molecule has 6 nitrogen and oxygen atoms in total. The van der Waals surface area contributed by atoms with Crippen molar-refractivity contribution < 1.29 is 9.59 Å². The first-order valence-corrected chi connectivity index (χ1v) is 8.54. The molecule has 1 aromatic carbocycles. The van der Waals surface area contributed by atoms with Gasteiger partial charge in [0.1, 0.15) is 11.4 Å². The van der Waals surface area contributed by atoms with E-state index >= 15 is 0 Å². The molecule has 0 bridgehead atoms. The molecule has 6 heteroatoms. The minimum absolute atomic E-state index is 0.178. The highest BCUT2D eigenvalue weighted by molar-refractivity contribution is 6.01. The predicted molar refractivity (Wildman–Crippen MR) is 101 cm³/mol. The topological polar surface area (TPSA) is 86.9 Å². The Morgan fingerprint density at radius 3 is 2.46 bits per heavy atom. The van der Waals surface area contributed by atoms with E-state index < -0.39 is 0 Å². The van der Waals surface area contributed by atoms with Crippen LogP contribution in [0.4, 0.5) is 0 Å². The van der Waals surface area contributed by atoms with Crippen LogP contribution < -0.4 is 10.6 Å². The molecule has 0 saturated carbocycles. The molecule has 2 heterocycles. The van der Waals surface area contributed by atoms with E-state index in [4.69, 9.17) is 0 Å². The van der Waals surface area contributed by atoms with Crippen molar-refractivity contribution >= 4 is 22.7 Å². The number of carbonyl (C=O) groups excluding carboxylic acids is 2. The van der Waals surface area contributed by atoms with Crippen LogP contribution in [0.1, 0.15) is 37.7 Å². The van der Waals surface area contributed by atoms with Gasteiger partial charge in [-0.05, 0) is 50.1 Å². The molecule has 26 heavy (non-hydrogen) atoms. The second-order valence-corrected chi connectivity index (χ2v) is 6.36. The summed E-state index contributed by atoms with van der Waals surface area (Å²) in [6.45, 7) is 6.68. The third-order valence-corrected chi connectivity index (χ3v) is 4.33. The summed E-state index contributed by atoms with van der Waals surface area (Å²) in [6, 6.07) is 9.33. The summed E-state index contributed by atoms with van der Waals surface area (Å²) in [4.78, 5) is 31.6. The van der Waals surface area contributed by atoms with Crippen LogP contribution in [-0.2, 0) is 0 Å². The van der Waals surface area contributed by atoms with Gasteiger partial charge in [0.25, 0.3) is 11.8 Å². The summed E-state index contributed by atoms with van der Waals surface area (Å²) < 4.78 is 0. The maximum absolute atomic E-state index is 12.5. The zero-order valence-electron chi connectivity index (χ0n) is 15.1. The zero-order valence-corrected chi connectivity index (χ0v) is 15.1. The predicted octanol–water partition coefficient (Wildman–Crippen LogP) is 2.65. The standard InChI is InChI=1S/C20H22N4O2/c1-12-10-13(2)17-15(11-12)14(3)18(24-17)20(26)23-9-8-22-19(25)16-6-4-5-7-21-16/h4-7,10-11,24H,8-9H2,1-3H3,(H,22,25)(H,23,26). The van der Waals surface area contributed by atoms with Gasteiger partial charge in [-0.3, -0.25) is 14.6 Å². The summed E-state index contributed by atoms with van der Waals surface area (Å²) in [5.41, 5.74) is 5.12. The summed E-state index contributed by atoms with van der Waals surface area (Å²) in [5, 5.41) is 6.64. The molecule has 0 spiro atoms. The molecule has 0 aliphatic carbocycles. The molecular formula is C20H22N4O2. The van der Waals surface area contributed by atoms with E-state index in [0.717, 1.165) is 22.0 Å². The Balaban J connectivity index is 1.60. The van der Waals surface area contributed by atoms with Gasteiger partial charge in [0.15, 0.2) is 0 Å². The van der Waals surface area contributed by atoms with Crippen LogP contribution in [0.3, 0.4) is 0 Å². The summed E-state index contributed by atoms with van der Waals surface area (Å²) in [7, 11) is 0. The van der Waals surface area contributed by atoms with E-state index in [1.807, 2.05) is 20.8 Å². The fraction of sp³-hybridized carbons (Fsp3) is 0.250. The Morgan fingerprint density at radius 1 is 1.04 bits per heavy atom. The minimum atomic E-state index is -0.257. The van der Waals surface area contributed by atoms with Gasteiger partial charge in [0, 0.05) is 30.2 Å². The number of hydrogen-bond acceptors (Lipinski definition) is 3. The average molecular weight is 350 g/mol. The monoisotopic (exact) mass is 350 g/mol. The number of nitrogens with one attached hydrogen (secondary N) is 3. The average Bonchev–Trinajstić information content (AvgIpc) is 2.96. The molecule has 3 rings (SSSR count). The first-order valence-electron chi connectivity index (χ1n) is 8.54. The zero-order chi connectivity index (χ0) is 18.7. The molecule has 0 aliphatic heterocycles. The summed E-state index contributed by atoms with van der Waals surface area (Å²) in [6.07, 6.45) is 1.57. The number of nitrogens with zero attached hydrogens (tertiary/aromatic N) is 1. The largest absolute Gasteiger partial charge is 0.350 e. The normalized spacial score (nSPS) is 10.7. The van der Waals surface area contributed by atoms with Crippen LogP contribution in [0.15, 0.2) is 36.5 Å². The molecule has 0 atom stereocenters. The number of amides is 2. The van der Waals surface area contributed by atoms with Crippen molar-refractivity contribution in [1.29, 1.82) is 0 Å². The van der Waals surface area contributed by atoms with Gasteiger partial charge in [-0.25, -0.2) is 0 Å². The van der Waals surface area contributed by atoms with Crippen LogP contribution in [0.5, 0.6) is 0 Å². The Bertz CT molecular complexity index is 961. The van der Waals surface area contributed by atoms with Gasteiger partial charge in [-0.15, -0.1) is 0 Å². The van der Waals surface area contributed by atoms with Crippen LogP contribution >= 0.6 is 0 Å². The van der Waals surface area contributed by atoms with Crippen molar-refractivity contribution in [1.82, 2.24) is 20.6 Å². The fourth-order valence-electron chi connectivity index (χ4n) is 3.04. The first-order chi connectivity index (χ1) is 12.5. The lowest BCUT2D eigenvalue weighted by Gasteiger charge is -2.06. The van der Waals surface area contributed by atoms with Crippen LogP contribution in [-0.4, -0.2) is 34.9 Å². The number of aromatic nitrogens is 2.